The third-order valence-electron chi connectivity index (χ3n) is 2.01. The Kier molecular flexibility index (Phi) is 2.09. The first kappa shape index (κ1) is 8.72. The second-order valence-electron chi connectivity index (χ2n) is 2.83. The van der Waals surface area contributed by atoms with Gasteiger partial charge in [-0.3, -0.25) is 0 Å². The number of aromatic nitrogens is 1. The lowest BCUT2D eigenvalue weighted by Gasteiger charge is -1.96. The maximum absolute atomic E-state index is 13.0. The molecule has 1 aromatic carbocycles. The van der Waals surface area contributed by atoms with E-state index in [4.69, 9.17) is 5.73 Å². The molecule has 0 spiro atoms. The van der Waals surface area contributed by atoms with E-state index in [-0.39, 0.29) is 5.82 Å². The molecule has 0 amide bonds. The summed E-state index contributed by atoms with van der Waals surface area (Å²) in [4.78, 5) is 3.04. The number of halogens is 2. The van der Waals surface area contributed by atoms with Crippen LogP contribution in [0.2, 0.25) is 0 Å². The normalized spacial score (nSPS) is 11.0. The van der Waals surface area contributed by atoms with Crippen LogP contribution in [-0.4, -0.2) is 4.98 Å². The Hall–Kier alpha value is -0.870. The molecule has 0 bridgehead atoms. The third-order valence-corrected chi connectivity index (χ3v) is 2.64. The first-order valence-electron chi connectivity index (χ1n) is 3.87. The highest BCUT2D eigenvalue weighted by Gasteiger charge is 2.06. The Morgan fingerprint density at radius 1 is 1.46 bits per heavy atom. The summed E-state index contributed by atoms with van der Waals surface area (Å²) < 4.78 is 13.7. The quantitative estimate of drug-likeness (QED) is 0.793. The first-order valence-corrected chi connectivity index (χ1v) is 4.66. The van der Waals surface area contributed by atoms with E-state index in [9.17, 15) is 4.39 Å². The van der Waals surface area contributed by atoms with E-state index in [0.29, 0.717) is 6.54 Å². The lowest BCUT2D eigenvalue weighted by molar-refractivity contribution is 0.629. The predicted octanol–water partition coefficient (Wildman–Crippen LogP) is 2.53. The molecule has 0 saturated carbocycles. The van der Waals surface area contributed by atoms with Gasteiger partial charge < -0.3 is 10.7 Å². The molecule has 1 aromatic heterocycles. The number of benzene rings is 1. The number of nitrogens with two attached hydrogens (primary N) is 1. The maximum Gasteiger partial charge on any atom is 0.125 e. The van der Waals surface area contributed by atoms with Crippen LogP contribution in [0.4, 0.5) is 4.39 Å². The molecule has 0 radical (unpaired) electrons. The fourth-order valence-corrected chi connectivity index (χ4v) is 1.93. The summed E-state index contributed by atoms with van der Waals surface area (Å²) in [5.74, 6) is -0.256. The highest BCUT2D eigenvalue weighted by molar-refractivity contribution is 9.10. The molecule has 2 aromatic rings. The van der Waals surface area contributed by atoms with Gasteiger partial charge in [0, 0.05) is 22.6 Å². The number of fused-ring (bicyclic) bond motifs is 1. The molecule has 2 rings (SSSR count). The van der Waals surface area contributed by atoms with Gasteiger partial charge >= 0.3 is 0 Å². The van der Waals surface area contributed by atoms with Gasteiger partial charge in [0.15, 0.2) is 0 Å². The first-order chi connectivity index (χ1) is 6.22. The molecule has 2 nitrogen and oxygen atoms in total. The van der Waals surface area contributed by atoms with Gasteiger partial charge in [-0.25, -0.2) is 4.39 Å². The van der Waals surface area contributed by atoms with Gasteiger partial charge in [-0.1, -0.05) is 0 Å². The Labute approximate surface area is 83.1 Å². The molecule has 0 atom stereocenters. The van der Waals surface area contributed by atoms with E-state index in [1.165, 1.54) is 12.1 Å². The van der Waals surface area contributed by atoms with Crippen molar-refractivity contribution in [1.82, 2.24) is 4.98 Å². The van der Waals surface area contributed by atoms with Crippen molar-refractivity contribution in [3.63, 3.8) is 0 Å². The van der Waals surface area contributed by atoms with Gasteiger partial charge in [-0.15, -0.1) is 0 Å². The highest BCUT2D eigenvalue weighted by Crippen LogP contribution is 2.26. The summed E-state index contributed by atoms with van der Waals surface area (Å²) >= 11 is 3.28. The van der Waals surface area contributed by atoms with Gasteiger partial charge in [0.25, 0.3) is 0 Å². The average molecular weight is 243 g/mol. The number of aromatic amines is 1. The van der Waals surface area contributed by atoms with E-state index in [1.807, 2.05) is 0 Å². The predicted molar refractivity (Wildman–Crippen MR) is 53.8 cm³/mol. The van der Waals surface area contributed by atoms with Crippen LogP contribution in [0.15, 0.2) is 22.8 Å². The Morgan fingerprint density at radius 2 is 2.23 bits per heavy atom. The second kappa shape index (κ2) is 3.12. The average Bonchev–Trinajstić information content (AvgIpc) is 2.47. The molecule has 13 heavy (non-hydrogen) atoms. The van der Waals surface area contributed by atoms with Crippen LogP contribution in [-0.2, 0) is 6.54 Å². The second-order valence-corrected chi connectivity index (χ2v) is 3.68. The molecule has 0 aliphatic rings. The summed E-state index contributed by atoms with van der Waals surface area (Å²) in [6, 6.07) is 2.91. The standard InChI is InChI=1S/C9H8BrFN2/c10-8-2-6(11)1-7-5(3-12)4-13-9(7)8/h1-2,4,13H,3,12H2. The Bertz CT molecular complexity index is 450. The minimum Gasteiger partial charge on any atom is -0.360 e. The molecular weight excluding hydrogens is 235 g/mol. The summed E-state index contributed by atoms with van der Waals surface area (Å²) in [6.45, 7) is 0.413. The van der Waals surface area contributed by atoms with Crippen LogP contribution in [0.3, 0.4) is 0 Å². The monoisotopic (exact) mass is 242 g/mol. The van der Waals surface area contributed by atoms with Crippen LogP contribution in [0.5, 0.6) is 0 Å². The molecule has 1 heterocycles. The minimum absolute atomic E-state index is 0.256. The van der Waals surface area contributed by atoms with Gasteiger partial charge in [0.1, 0.15) is 5.82 Å². The minimum atomic E-state index is -0.256. The Morgan fingerprint density at radius 3 is 2.92 bits per heavy atom. The summed E-state index contributed by atoms with van der Waals surface area (Å²) in [6.07, 6.45) is 1.80. The van der Waals surface area contributed by atoms with Crippen LogP contribution in [0.1, 0.15) is 5.56 Å². The smallest absolute Gasteiger partial charge is 0.125 e. The van der Waals surface area contributed by atoms with Gasteiger partial charge in [-0.05, 0) is 33.6 Å². The van der Waals surface area contributed by atoms with E-state index in [0.717, 1.165) is 20.9 Å². The highest BCUT2D eigenvalue weighted by atomic mass is 79.9. The molecule has 0 saturated heterocycles. The fourth-order valence-electron chi connectivity index (χ4n) is 1.38. The summed E-state index contributed by atoms with van der Waals surface area (Å²) in [5, 5.41) is 0.842. The van der Waals surface area contributed by atoms with Gasteiger partial charge in [0.2, 0.25) is 0 Å². The number of H-pyrrole nitrogens is 1. The van der Waals surface area contributed by atoms with Crippen molar-refractivity contribution in [2.75, 3.05) is 0 Å². The number of hydrogen-bond acceptors (Lipinski definition) is 1. The maximum atomic E-state index is 13.0. The topological polar surface area (TPSA) is 41.8 Å². The van der Waals surface area contributed by atoms with Crippen molar-refractivity contribution >= 4 is 26.8 Å². The van der Waals surface area contributed by atoms with Crippen molar-refractivity contribution < 1.29 is 4.39 Å². The molecule has 0 aliphatic heterocycles. The van der Waals surface area contributed by atoms with Crippen LogP contribution in [0, 0.1) is 5.82 Å². The van der Waals surface area contributed by atoms with Gasteiger partial charge in [0.05, 0.1) is 5.52 Å². The lowest BCUT2D eigenvalue weighted by atomic mass is 10.2. The molecule has 4 heteroatoms. The van der Waals surface area contributed by atoms with Crippen molar-refractivity contribution in [3.05, 3.63) is 34.2 Å². The zero-order valence-electron chi connectivity index (χ0n) is 6.77. The molecular formula is C9H8BrFN2. The molecule has 3 N–H and O–H groups in total. The molecule has 0 fully saturated rings. The van der Waals surface area contributed by atoms with E-state index >= 15 is 0 Å². The van der Waals surface area contributed by atoms with Crippen molar-refractivity contribution in [3.8, 4) is 0 Å². The largest absolute Gasteiger partial charge is 0.360 e. The van der Waals surface area contributed by atoms with E-state index < -0.39 is 0 Å². The van der Waals surface area contributed by atoms with Crippen molar-refractivity contribution in [1.29, 1.82) is 0 Å². The number of hydrogen-bond donors (Lipinski definition) is 2. The lowest BCUT2D eigenvalue weighted by Crippen LogP contribution is -1.94. The fraction of sp³-hybridized carbons (Fsp3) is 0.111. The third kappa shape index (κ3) is 1.36. The van der Waals surface area contributed by atoms with Gasteiger partial charge in [-0.2, -0.15) is 0 Å². The van der Waals surface area contributed by atoms with Crippen molar-refractivity contribution in [2.24, 2.45) is 5.73 Å². The van der Waals surface area contributed by atoms with Crippen LogP contribution in [0.25, 0.3) is 10.9 Å². The van der Waals surface area contributed by atoms with Crippen LogP contribution >= 0.6 is 15.9 Å². The van der Waals surface area contributed by atoms with Crippen molar-refractivity contribution in [2.45, 2.75) is 6.54 Å². The van der Waals surface area contributed by atoms with E-state index in [1.54, 1.807) is 6.20 Å². The van der Waals surface area contributed by atoms with E-state index in [2.05, 4.69) is 20.9 Å². The SMILES string of the molecule is NCc1c[nH]c2c(Br)cc(F)cc12. The molecule has 68 valence electrons. The molecule has 0 unspecified atom stereocenters. The zero-order chi connectivity index (χ0) is 9.42. The summed E-state index contributed by atoms with van der Waals surface area (Å²) in [7, 11) is 0. The zero-order valence-corrected chi connectivity index (χ0v) is 8.36. The summed E-state index contributed by atoms with van der Waals surface area (Å²) in [5.41, 5.74) is 7.32. The van der Waals surface area contributed by atoms with Crippen LogP contribution < -0.4 is 5.73 Å². The molecule has 0 aliphatic carbocycles. The number of nitrogens with one attached hydrogen (secondary N) is 1. The number of rotatable bonds is 1. The Balaban J connectivity index is 2.82.